The molecule has 1 aliphatic rings. The molecule has 1 N–H and O–H groups in total. The second kappa shape index (κ2) is 5.52. The predicted molar refractivity (Wildman–Crippen MR) is 83.5 cm³/mol. The van der Waals surface area contributed by atoms with E-state index in [0.29, 0.717) is 17.0 Å². The second-order valence-corrected chi connectivity index (χ2v) is 5.66. The molecule has 2 heterocycles. The highest BCUT2D eigenvalue weighted by Gasteiger charge is 2.33. The summed E-state index contributed by atoms with van der Waals surface area (Å²) < 4.78 is 15.4. The summed E-state index contributed by atoms with van der Waals surface area (Å²) in [6.07, 6.45) is 4.66. The zero-order valence-electron chi connectivity index (χ0n) is 12.6. The Morgan fingerprint density at radius 3 is 2.75 bits per heavy atom. The molecule has 1 saturated carbocycles. The molecule has 1 aliphatic carbocycles. The lowest BCUT2D eigenvalue weighted by atomic mass is 10.1. The Kier molecular flexibility index (Phi) is 3.34. The van der Waals surface area contributed by atoms with Gasteiger partial charge in [-0.2, -0.15) is 5.10 Å². The number of aromatic carboxylic acids is 1. The van der Waals surface area contributed by atoms with Crippen LogP contribution in [-0.4, -0.2) is 30.8 Å². The van der Waals surface area contributed by atoms with Gasteiger partial charge < -0.3 is 5.11 Å². The summed E-state index contributed by atoms with van der Waals surface area (Å²) >= 11 is 0. The van der Waals surface area contributed by atoms with Gasteiger partial charge in [0.2, 0.25) is 0 Å². The van der Waals surface area contributed by atoms with E-state index in [1.165, 1.54) is 23.1 Å². The van der Waals surface area contributed by atoms with E-state index in [2.05, 4.69) is 15.1 Å². The summed E-state index contributed by atoms with van der Waals surface area (Å²) in [4.78, 5) is 19.9. The van der Waals surface area contributed by atoms with Crippen LogP contribution < -0.4 is 0 Å². The lowest BCUT2D eigenvalue weighted by Gasteiger charge is -2.08. The lowest BCUT2D eigenvalue weighted by molar-refractivity contribution is 0.0695. The van der Waals surface area contributed by atoms with Gasteiger partial charge in [-0.25, -0.2) is 23.8 Å². The van der Waals surface area contributed by atoms with E-state index in [4.69, 9.17) is 0 Å². The van der Waals surface area contributed by atoms with Gasteiger partial charge >= 0.3 is 5.97 Å². The number of rotatable bonds is 4. The summed E-state index contributed by atoms with van der Waals surface area (Å²) in [6.45, 7) is 0. The second-order valence-electron chi connectivity index (χ2n) is 5.66. The number of carbonyl (C=O) groups is 1. The maximum Gasteiger partial charge on any atom is 0.339 e. The fourth-order valence-electron chi connectivity index (χ4n) is 2.70. The molecule has 0 atom stereocenters. The van der Waals surface area contributed by atoms with Crippen LogP contribution in [0.5, 0.6) is 0 Å². The number of benzene rings is 1. The Balaban J connectivity index is 1.83. The van der Waals surface area contributed by atoms with Crippen molar-refractivity contribution in [3.8, 4) is 17.2 Å². The molecule has 1 fully saturated rings. The summed E-state index contributed by atoms with van der Waals surface area (Å²) in [7, 11) is 0. The van der Waals surface area contributed by atoms with E-state index in [1.807, 2.05) is 0 Å². The van der Waals surface area contributed by atoms with E-state index in [-0.39, 0.29) is 23.2 Å². The van der Waals surface area contributed by atoms with E-state index in [0.717, 1.165) is 12.8 Å². The number of nitrogens with zero attached hydrogens (tertiary/aromatic N) is 4. The molecular formula is C17H13FN4O2. The third kappa shape index (κ3) is 2.44. The number of hydrogen-bond acceptors (Lipinski definition) is 4. The smallest absolute Gasteiger partial charge is 0.339 e. The Hall–Kier alpha value is -3.09. The van der Waals surface area contributed by atoms with Crippen LogP contribution in [0.25, 0.3) is 17.2 Å². The highest BCUT2D eigenvalue weighted by molar-refractivity contribution is 5.89. The van der Waals surface area contributed by atoms with E-state index < -0.39 is 5.97 Å². The Labute approximate surface area is 136 Å². The molecule has 0 aliphatic heterocycles. The zero-order valence-corrected chi connectivity index (χ0v) is 12.6. The first-order chi connectivity index (χ1) is 11.6. The van der Waals surface area contributed by atoms with Crippen molar-refractivity contribution in [2.24, 2.45) is 0 Å². The van der Waals surface area contributed by atoms with Crippen LogP contribution >= 0.6 is 0 Å². The van der Waals surface area contributed by atoms with Crippen LogP contribution in [0.2, 0.25) is 0 Å². The topological polar surface area (TPSA) is 80.9 Å². The maximum absolute atomic E-state index is 14.0. The average molecular weight is 324 g/mol. The van der Waals surface area contributed by atoms with Gasteiger partial charge in [0.15, 0.2) is 0 Å². The highest BCUT2D eigenvalue weighted by Crippen LogP contribution is 2.42. The van der Waals surface area contributed by atoms with Crippen molar-refractivity contribution in [1.29, 1.82) is 0 Å². The van der Waals surface area contributed by atoms with Crippen LogP contribution in [0.3, 0.4) is 0 Å². The first kappa shape index (κ1) is 14.5. The molecule has 120 valence electrons. The molecular weight excluding hydrogens is 311 g/mol. The molecule has 0 radical (unpaired) electrons. The van der Waals surface area contributed by atoms with Crippen molar-refractivity contribution in [1.82, 2.24) is 19.7 Å². The highest BCUT2D eigenvalue weighted by atomic mass is 19.1. The van der Waals surface area contributed by atoms with Crippen LogP contribution in [0.15, 0.2) is 42.7 Å². The van der Waals surface area contributed by atoms with Crippen molar-refractivity contribution in [3.05, 3.63) is 59.8 Å². The molecule has 0 saturated heterocycles. The summed E-state index contributed by atoms with van der Waals surface area (Å²) in [5, 5.41) is 13.5. The minimum absolute atomic E-state index is 0.152. The zero-order chi connectivity index (χ0) is 16.7. The minimum atomic E-state index is -1.02. The van der Waals surface area contributed by atoms with Gasteiger partial charge in [0.25, 0.3) is 5.95 Å². The molecule has 0 amide bonds. The van der Waals surface area contributed by atoms with Gasteiger partial charge in [0, 0.05) is 17.7 Å². The van der Waals surface area contributed by atoms with Crippen LogP contribution in [0, 0.1) is 5.82 Å². The molecule has 24 heavy (non-hydrogen) atoms. The summed E-state index contributed by atoms with van der Waals surface area (Å²) in [5.41, 5.74) is 1.55. The monoisotopic (exact) mass is 324 g/mol. The first-order valence-electron chi connectivity index (χ1n) is 7.54. The molecule has 0 bridgehead atoms. The SMILES string of the molecule is O=C(O)c1cnn(-c2nccc(-c3ccccc3F)n2)c1C1CC1. The average Bonchev–Trinajstić information content (AvgIpc) is 3.33. The van der Waals surface area contributed by atoms with Crippen LogP contribution in [0.4, 0.5) is 4.39 Å². The standard InChI is InChI=1S/C17H13FN4O2/c18-13-4-2-1-3-11(13)14-7-8-19-17(21-14)22-15(10-5-6-10)12(9-20-22)16(23)24/h1-4,7-10H,5-6H2,(H,23,24). The van der Waals surface area contributed by atoms with E-state index in [1.54, 1.807) is 24.3 Å². The van der Waals surface area contributed by atoms with Gasteiger partial charge in [0.05, 0.1) is 17.6 Å². The van der Waals surface area contributed by atoms with Gasteiger partial charge in [0.1, 0.15) is 11.4 Å². The van der Waals surface area contributed by atoms with Crippen molar-refractivity contribution in [3.63, 3.8) is 0 Å². The minimum Gasteiger partial charge on any atom is -0.478 e. The summed E-state index contributed by atoms with van der Waals surface area (Å²) in [5.74, 6) is -1.01. The molecule has 4 rings (SSSR count). The Morgan fingerprint density at radius 1 is 1.25 bits per heavy atom. The number of carboxylic acids is 1. The quantitative estimate of drug-likeness (QED) is 0.798. The molecule has 6 nitrogen and oxygen atoms in total. The fraction of sp³-hybridized carbons (Fsp3) is 0.176. The third-order valence-electron chi connectivity index (χ3n) is 3.98. The van der Waals surface area contributed by atoms with Crippen molar-refractivity contribution in [2.45, 2.75) is 18.8 Å². The Morgan fingerprint density at radius 2 is 2.04 bits per heavy atom. The van der Waals surface area contributed by atoms with Gasteiger partial charge in [-0.05, 0) is 31.0 Å². The van der Waals surface area contributed by atoms with Gasteiger partial charge in [-0.15, -0.1) is 0 Å². The van der Waals surface area contributed by atoms with Crippen LogP contribution in [0.1, 0.15) is 34.8 Å². The summed E-state index contributed by atoms with van der Waals surface area (Å²) in [6, 6.07) is 7.95. The molecule has 3 aromatic rings. The van der Waals surface area contributed by atoms with Gasteiger partial charge in [-0.3, -0.25) is 0 Å². The van der Waals surface area contributed by atoms with Gasteiger partial charge in [-0.1, -0.05) is 12.1 Å². The van der Waals surface area contributed by atoms with Crippen molar-refractivity contribution in [2.75, 3.05) is 0 Å². The number of halogens is 1. The normalized spacial score (nSPS) is 13.9. The predicted octanol–water partition coefficient (Wildman–Crippen LogP) is 3.04. The molecule has 7 heteroatoms. The molecule has 0 spiro atoms. The third-order valence-corrected chi connectivity index (χ3v) is 3.98. The molecule has 1 aromatic carbocycles. The molecule has 2 aromatic heterocycles. The molecule has 0 unspecified atom stereocenters. The fourth-order valence-corrected chi connectivity index (χ4v) is 2.70. The lowest BCUT2D eigenvalue weighted by Crippen LogP contribution is -2.09. The first-order valence-corrected chi connectivity index (χ1v) is 7.54. The number of hydrogen-bond donors (Lipinski definition) is 1. The maximum atomic E-state index is 14.0. The van der Waals surface area contributed by atoms with Crippen LogP contribution in [-0.2, 0) is 0 Å². The number of aromatic nitrogens is 4. The largest absolute Gasteiger partial charge is 0.478 e. The Bertz CT molecular complexity index is 934. The van der Waals surface area contributed by atoms with Crippen molar-refractivity contribution < 1.29 is 14.3 Å². The van der Waals surface area contributed by atoms with E-state index >= 15 is 0 Å². The number of carboxylic acid groups (broad SMARTS) is 1. The van der Waals surface area contributed by atoms with Crippen molar-refractivity contribution >= 4 is 5.97 Å². The van der Waals surface area contributed by atoms with E-state index in [9.17, 15) is 14.3 Å².